The van der Waals surface area contributed by atoms with Crippen molar-refractivity contribution < 1.29 is 14.3 Å². The summed E-state index contributed by atoms with van der Waals surface area (Å²) >= 11 is 3.14. The minimum atomic E-state index is -0.603. The SMILES string of the molecule is CCOC(=O)c1cc(C#N)c(Br)cc1C=O. The number of ether oxygens (including phenoxy) is 1. The van der Waals surface area contributed by atoms with Gasteiger partial charge in [0.2, 0.25) is 0 Å². The highest BCUT2D eigenvalue weighted by Crippen LogP contribution is 2.21. The molecular formula is C11H8BrNO3. The fourth-order valence-electron chi connectivity index (χ4n) is 1.16. The Morgan fingerprint density at radius 3 is 2.81 bits per heavy atom. The summed E-state index contributed by atoms with van der Waals surface area (Å²) in [6.07, 6.45) is 0.554. The quantitative estimate of drug-likeness (QED) is 0.630. The normalized spacial score (nSPS) is 9.31. The molecule has 0 atom stereocenters. The van der Waals surface area contributed by atoms with Crippen molar-refractivity contribution in [3.8, 4) is 6.07 Å². The molecule has 0 bridgehead atoms. The molecule has 1 rings (SSSR count). The number of benzene rings is 1. The van der Waals surface area contributed by atoms with Crippen LogP contribution in [0.5, 0.6) is 0 Å². The van der Waals surface area contributed by atoms with E-state index >= 15 is 0 Å². The predicted molar refractivity (Wildman–Crippen MR) is 60.2 cm³/mol. The van der Waals surface area contributed by atoms with Crippen LogP contribution in [0.4, 0.5) is 0 Å². The van der Waals surface area contributed by atoms with Gasteiger partial charge in [0.25, 0.3) is 0 Å². The first-order valence-corrected chi connectivity index (χ1v) is 5.29. The van der Waals surface area contributed by atoms with Crippen LogP contribution in [0.15, 0.2) is 16.6 Å². The van der Waals surface area contributed by atoms with Crippen LogP contribution in [-0.2, 0) is 4.74 Å². The number of nitrogens with zero attached hydrogens (tertiary/aromatic N) is 1. The standard InChI is InChI=1S/C11H8BrNO3/c1-2-16-11(15)9-3-7(5-13)10(12)4-8(9)6-14/h3-4,6H,2H2,1H3. The van der Waals surface area contributed by atoms with Crippen LogP contribution < -0.4 is 0 Å². The van der Waals surface area contributed by atoms with Gasteiger partial charge in [-0.1, -0.05) is 0 Å². The van der Waals surface area contributed by atoms with Crippen LogP contribution in [-0.4, -0.2) is 18.9 Å². The highest BCUT2D eigenvalue weighted by Gasteiger charge is 2.15. The van der Waals surface area contributed by atoms with Gasteiger partial charge < -0.3 is 4.74 Å². The lowest BCUT2D eigenvalue weighted by Crippen LogP contribution is -2.08. The first kappa shape index (κ1) is 12.4. The van der Waals surface area contributed by atoms with Gasteiger partial charge in [-0.2, -0.15) is 5.26 Å². The molecule has 82 valence electrons. The number of nitriles is 1. The van der Waals surface area contributed by atoms with E-state index in [9.17, 15) is 9.59 Å². The van der Waals surface area contributed by atoms with E-state index < -0.39 is 5.97 Å². The van der Waals surface area contributed by atoms with Gasteiger partial charge in [0.1, 0.15) is 6.07 Å². The maximum absolute atomic E-state index is 11.5. The highest BCUT2D eigenvalue weighted by molar-refractivity contribution is 9.10. The van der Waals surface area contributed by atoms with Crippen molar-refractivity contribution in [1.29, 1.82) is 5.26 Å². The van der Waals surface area contributed by atoms with Crippen LogP contribution in [0, 0.1) is 11.3 Å². The van der Waals surface area contributed by atoms with E-state index in [1.807, 2.05) is 6.07 Å². The monoisotopic (exact) mass is 281 g/mol. The lowest BCUT2D eigenvalue weighted by Gasteiger charge is -2.06. The number of carbonyl (C=O) groups excluding carboxylic acids is 2. The molecular weight excluding hydrogens is 274 g/mol. The van der Waals surface area contributed by atoms with Gasteiger partial charge >= 0.3 is 5.97 Å². The van der Waals surface area contributed by atoms with Crippen molar-refractivity contribution in [3.05, 3.63) is 33.3 Å². The second kappa shape index (κ2) is 5.42. The minimum absolute atomic E-state index is 0.108. The van der Waals surface area contributed by atoms with E-state index in [-0.39, 0.29) is 23.3 Å². The number of aldehydes is 1. The van der Waals surface area contributed by atoms with Crippen molar-refractivity contribution in [2.75, 3.05) is 6.61 Å². The van der Waals surface area contributed by atoms with Gasteiger partial charge in [0.15, 0.2) is 6.29 Å². The molecule has 0 N–H and O–H groups in total. The third-order valence-corrected chi connectivity index (χ3v) is 2.54. The zero-order valence-corrected chi connectivity index (χ0v) is 10.1. The third-order valence-electron chi connectivity index (χ3n) is 1.88. The van der Waals surface area contributed by atoms with E-state index in [1.54, 1.807) is 6.92 Å². The lowest BCUT2D eigenvalue weighted by molar-refractivity contribution is 0.0524. The maximum atomic E-state index is 11.5. The molecule has 5 heteroatoms. The lowest BCUT2D eigenvalue weighted by atomic mass is 10.1. The first-order valence-electron chi connectivity index (χ1n) is 4.50. The summed E-state index contributed by atoms with van der Waals surface area (Å²) < 4.78 is 5.26. The van der Waals surface area contributed by atoms with Crippen molar-refractivity contribution in [2.45, 2.75) is 6.92 Å². The fourth-order valence-corrected chi connectivity index (χ4v) is 1.61. The number of rotatable bonds is 3. The Bertz CT molecular complexity index is 477. The molecule has 0 unspecified atom stereocenters. The summed E-state index contributed by atoms with van der Waals surface area (Å²) in [5, 5.41) is 8.80. The zero-order valence-electron chi connectivity index (χ0n) is 8.49. The average Bonchev–Trinajstić information content (AvgIpc) is 2.28. The second-order valence-electron chi connectivity index (χ2n) is 2.87. The number of halogens is 1. The maximum Gasteiger partial charge on any atom is 0.338 e. The van der Waals surface area contributed by atoms with E-state index in [1.165, 1.54) is 12.1 Å². The summed E-state index contributed by atoms with van der Waals surface area (Å²) in [6, 6.07) is 4.68. The van der Waals surface area contributed by atoms with Crippen LogP contribution in [0.2, 0.25) is 0 Å². The van der Waals surface area contributed by atoms with Crippen molar-refractivity contribution in [3.63, 3.8) is 0 Å². The molecule has 0 heterocycles. The highest BCUT2D eigenvalue weighted by atomic mass is 79.9. The minimum Gasteiger partial charge on any atom is -0.462 e. The summed E-state index contributed by atoms with van der Waals surface area (Å²) in [6.45, 7) is 1.89. The van der Waals surface area contributed by atoms with E-state index in [0.717, 1.165) is 0 Å². The Hall–Kier alpha value is -1.67. The smallest absolute Gasteiger partial charge is 0.338 e. The van der Waals surface area contributed by atoms with E-state index in [0.29, 0.717) is 10.8 Å². The van der Waals surface area contributed by atoms with Crippen LogP contribution in [0.25, 0.3) is 0 Å². The van der Waals surface area contributed by atoms with E-state index in [2.05, 4.69) is 15.9 Å². The fraction of sp³-hybridized carbons (Fsp3) is 0.182. The molecule has 16 heavy (non-hydrogen) atoms. The number of carbonyl (C=O) groups is 2. The van der Waals surface area contributed by atoms with E-state index in [4.69, 9.17) is 10.00 Å². The molecule has 0 aromatic heterocycles. The molecule has 0 aliphatic heterocycles. The summed E-state index contributed by atoms with van der Waals surface area (Å²) in [4.78, 5) is 22.3. The zero-order chi connectivity index (χ0) is 12.1. The number of hydrogen-bond donors (Lipinski definition) is 0. The van der Waals surface area contributed by atoms with Gasteiger partial charge in [0, 0.05) is 10.0 Å². The molecule has 0 spiro atoms. The molecule has 0 fully saturated rings. The van der Waals surface area contributed by atoms with Crippen molar-refractivity contribution in [1.82, 2.24) is 0 Å². The molecule has 0 aliphatic carbocycles. The Kier molecular flexibility index (Phi) is 4.20. The summed E-state index contributed by atoms with van der Waals surface area (Å²) in [7, 11) is 0. The molecule has 0 radical (unpaired) electrons. The molecule has 0 saturated heterocycles. The Balaban J connectivity index is 3.31. The van der Waals surface area contributed by atoms with Gasteiger partial charge in [-0.05, 0) is 35.0 Å². The number of hydrogen-bond acceptors (Lipinski definition) is 4. The molecule has 1 aromatic rings. The first-order chi connectivity index (χ1) is 7.63. The average molecular weight is 282 g/mol. The summed E-state index contributed by atoms with van der Waals surface area (Å²) in [5.74, 6) is -0.603. The molecule has 0 saturated carbocycles. The second-order valence-corrected chi connectivity index (χ2v) is 3.72. The molecule has 4 nitrogen and oxygen atoms in total. The number of esters is 1. The Labute approximate surface area is 101 Å². The van der Waals surface area contributed by atoms with Gasteiger partial charge in [-0.25, -0.2) is 4.79 Å². The Morgan fingerprint density at radius 1 is 1.62 bits per heavy atom. The van der Waals surface area contributed by atoms with Gasteiger partial charge in [-0.3, -0.25) is 4.79 Å². The van der Waals surface area contributed by atoms with Crippen LogP contribution in [0.1, 0.15) is 33.2 Å². The van der Waals surface area contributed by atoms with Crippen molar-refractivity contribution in [2.24, 2.45) is 0 Å². The predicted octanol–water partition coefficient (Wildman–Crippen LogP) is 2.31. The van der Waals surface area contributed by atoms with Crippen LogP contribution >= 0.6 is 15.9 Å². The van der Waals surface area contributed by atoms with Crippen LogP contribution in [0.3, 0.4) is 0 Å². The van der Waals surface area contributed by atoms with Gasteiger partial charge in [-0.15, -0.1) is 0 Å². The Morgan fingerprint density at radius 2 is 2.31 bits per heavy atom. The van der Waals surface area contributed by atoms with Crippen molar-refractivity contribution >= 4 is 28.2 Å². The molecule has 0 aliphatic rings. The molecule has 1 aromatic carbocycles. The topological polar surface area (TPSA) is 67.2 Å². The third kappa shape index (κ3) is 2.47. The largest absolute Gasteiger partial charge is 0.462 e. The summed E-state index contributed by atoms with van der Waals surface area (Å²) in [5.41, 5.74) is 0.592. The van der Waals surface area contributed by atoms with Gasteiger partial charge in [0.05, 0.1) is 17.7 Å². The molecule has 0 amide bonds.